The molecule has 4 nitrogen and oxygen atoms in total. The highest BCUT2D eigenvalue weighted by Crippen LogP contribution is 2.33. The molecule has 144 valence electrons. The van der Waals surface area contributed by atoms with Gasteiger partial charge in [-0.1, -0.05) is 23.7 Å². The summed E-state index contributed by atoms with van der Waals surface area (Å²) in [5.41, 5.74) is 2.42. The average molecular weight is 399 g/mol. The van der Waals surface area contributed by atoms with Crippen LogP contribution in [0.15, 0.2) is 48.5 Å². The molecule has 1 amide bonds. The number of carbonyl (C=O) groups excluding carboxylic acids is 1. The Morgan fingerprint density at radius 2 is 1.93 bits per heavy atom. The van der Waals surface area contributed by atoms with Gasteiger partial charge in [0.15, 0.2) is 0 Å². The van der Waals surface area contributed by atoms with Crippen molar-refractivity contribution < 1.29 is 13.9 Å². The maximum Gasteiger partial charge on any atom is 0.226 e. The van der Waals surface area contributed by atoms with Gasteiger partial charge in [0.1, 0.15) is 16.7 Å². The lowest BCUT2D eigenvalue weighted by molar-refractivity contribution is -0.133. The van der Waals surface area contributed by atoms with E-state index in [1.807, 2.05) is 24.3 Å². The van der Waals surface area contributed by atoms with Gasteiger partial charge in [0, 0.05) is 30.0 Å². The van der Waals surface area contributed by atoms with Crippen molar-refractivity contribution in [2.45, 2.75) is 25.9 Å². The van der Waals surface area contributed by atoms with Crippen LogP contribution in [0.2, 0.25) is 5.15 Å². The average Bonchev–Trinajstić information content (AvgIpc) is 3.54. The fraction of sp³-hybridized carbons (Fsp3) is 0.273. The monoisotopic (exact) mass is 398 g/mol. The normalized spacial score (nSPS) is 13.5. The zero-order valence-corrected chi connectivity index (χ0v) is 16.2. The lowest BCUT2D eigenvalue weighted by atomic mass is 10.1. The first-order chi connectivity index (χ1) is 13.5. The molecule has 1 saturated carbocycles. The molecule has 0 atom stereocenters. The van der Waals surface area contributed by atoms with Crippen molar-refractivity contribution in [1.82, 2.24) is 9.88 Å². The van der Waals surface area contributed by atoms with Gasteiger partial charge in [-0.05, 0) is 54.8 Å². The Hall–Kier alpha value is -2.66. The summed E-state index contributed by atoms with van der Waals surface area (Å²) >= 11 is 6.41. The molecule has 2 aromatic carbocycles. The summed E-state index contributed by atoms with van der Waals surface area (Å²) < 4.78 is 18.5. The number of pyridine rings is 1. The fourth-order valence-corrected chi connectivity index (χ4v) is 3.43. The summed E-state index contributed by atoms with van der Waals surface area (Å²) in [4.78, 5) is 19.1. The summed E-state index contributed by atoms with van der Waals surface area (Å²) in [7, 11) is 1.62. The molecule has 1 aliphatic carbocycles. The summed E-state index contributed by atoms with van der Waals surface area (Å²) in [6, 6.07) is 13.8. The Morgan fingerprint density at radius 3 is 2.61 bits per heavy atom. The first-order valence-electron chi connectivity index (χ1n) is 9.20. The molecule has 0 saturated heterocycles. The van der Waals surface area contributed by atoms with Crippen LogP contribution in [0.5, 0.6) is 5.75 Å². The fourth-order valence-electron chi connectivity index (χ4n) is 3.23. The van der Waals surface area contributed by atoms with Gasteiger partial charge in [-0.3, -0.25) is 4.79 Å². The van der Waals surface area contributed by atoms with Gasteiger partial charge in [0.2, 0.25) is 5.91 Å². The predicted octanol–water partition coefficient (Wildman–Crippen LogP) is 4.97. The van der Waals surface area contributed by atoms with E-state index in [4.69, 9.17) is 16.3 Å². The molecule has 1 aromatic heterocycles. The molecule has 6 heteroatoms. The van der Waals surface area contributed by atoms with Crippen molar-refractivity contribution in [1.29, 1.82) is 0 Å². The van der Waals surface area contributed by atoms with Crippen LogP contribution in [0.25, 0.3) is 10.9 Å². The van der Waals surface area contributed by atoms with Crippen LogP contribution in [0.1, 0.15) is 24.0 Å². The second kappa shape index (κ2) is 7.76. The van der Waals surface area contributed by atoms with Gasteiger partial charge in [0.25, 0.3) is 0 Å². The van der Waals surface area contributed by atoms with Gasteiger partial charge in [0.05, 0.1) is 12.6 Å². The second-order valence-corrected chi connectivity index (χ2v) is 7.45. The van der Waals surface area contributed by atoms with Gasteiger partial charge in [-0.25, -0.2) is 9.37 Å². The molecule has 1 fully saturated rings. The van der Waals surface area contributed by atoms with Crippen LogP contribution in [0, 0.1) is 11.7 Å². The van der Waals surface area contributed by atoms with Crippen LogP contribution in [-0.2, 0) is 17.9 Å². The van der Waals surface area contributed by atoms with Crippen LogP contribution in [0.4, 0.5) is 4.39 Å². The molecule has 0 N–H and O–H groups in total. The maximum absolute atomic E-state index is 13.2. The molecule has 1 heterocycles. The van der Waals surface area contributed by atoms with Crippen LogP contribution >= 0.6 is 11.6 Å². The van der Waals surface area contributed by atoms with Crippen molar-refractivity contribution in [3.05, 3.63) is 70.6 Å². The van der Waals surface area contributed by atoms with E-state index in [9.17, 15) is 9.18 Å². The molecule has 0 unspecified atom stereocenters. The highest BCUT2D eigenvalue weighted by Gasteiger charge is 2.33. The van der Waals surface area contributed by atoms with E-state index in [1.165, 1.54) is 12.1 Å². The van der Waals surface area contributed by atoms with E-state index in [0.717, 1.165) is 40.6 Å². The van der Waals surface area contributed by atoms with E-state index < -0.39 is 0 Å². The molecular weight excluding hydrogens is 379 g/mol. The Labute approximate surface area is 167 Å². The smallest absolute Gasteiger partial charge is 0.226 e. The Balaban J connectivity index is 1.64. The Morgan fingerprint density at radius 1 is 1.18 bits per heavy atom. The number of nitrogens with zero attached hydrogens (tertiary/aromatic N) is 2. The highest BCUT2D eigenvalue weighted by atomic mass is 35.5. The third-order valence-corrected chi connectivity index (χ3v) is 5.26. The van der Waals surface area contributed by atoms with Crippen molar-refractivity contribution in [2.75, 3.05) is 7.11 Å². The van der Waals surface area contributed by atoms with Crippen LogP contribution < -0.4 is 4.74 Å². The Kier molecular flexibility index (Phi) is 5.18. The minimum absolute atomic E-state index is 0.0766. The first-order valence-corrected chi connectivity index (χ1v) is 9.57. The number of ether oxygens (including phenoxy) is 1. The third-order valence-electron chi connectivity index (χ3n) is 4.93. The molecule has 0 spiro atoms. The third kappa shape index (κ3) is 4.09. The molecular formula is C22H20ClFN2O2. The van der Waals surface area contributed by atoms with Crippen LogP contribution in [-0.4, -0.2) is 22.9 Å². The first kappa shape index (κ1) is 18.7. The lowest BCUT2D eigenvalue weighted by Crippen LogP contribution is -2.31. The topological polar surface area (TPSA) is 42.4 Å². The van der Waals surface area contributed by atoms with Crippen LogP contribution in [0.3, 0.4) is 0 Å². The van der Waals surface area contributed by atoms with Crippen molar-refractivity contribution in [3.63, 3.8) is 0 Å². The minimum atomic E-state index is -0.292. The SMILES string of the molecule is COc1ccc2nc(Cl)c(CN(Cc3ccc(F)cc3)C(=O)C3CC3)cc2c1. The van der Waals surface area contributed by atoms with Gasteiger partial charge in [-0.2, -0.15) is 0 Å². The number of rotatable bonds is 6. The summed E-state index contributed by atoms with van der Waals surface area (Å²) in [5.74, 6) is 0.623. The standard InChI is InChI=1S/C22H20ClFN2O2/c1-28-19-8-9-20-16(11-19)10-17(21(23)25-20)13-26(22(27)15-4-5-15)12-14-2-6-18(24)7-3-14/h2-3,6-11,15H,4-5,12-13H2,1H3. The second-order valence-electron chi connectivity index (χ2n) is 7.09. The number of hydrogen-bond acceptors (Lipinski definition) is 3. The molecule has 4 rings (SSSR count). The maximum atomic E-state index is 13.2. The Bertz CT molecular complexity index is 1020. The largest absolute Gasteiger partial charge is 0.497 e. The van der Waals surface area contributed by atoms with Crippen molar-refractivity contribution in [3.8, 4) is 5.75 Å². The van der Waals surface area contributed by atoms with E-state index in [2.05, 4.69) is 4.98 Å². The van der Waals surface area contributed by atoms with E-state index in [-0.39, 0.29) is 17.6 Å². The number of hydrogen-bond donors (Lipinski definition) is 0. The van der Waals surface area contributed by atoms with E-state index >= 15 is 0 Å². The highest BCUT2D eigenvalue weighted by molar-refractivity contribution is 6.30. The molecule has 28 heavy (non-hydrogen) atoms. The number of fused-ring (bicyclic) bond motifs is 1. The molecule has 3 aromatic rings. The molecule has 0 aliphatic heterocycles. The number of halogens is 2. The lowest BCUT2D eigenvalue weighted by Gasteiger charge is -2.23. The number of aromatic nitrogens is 1. The number of methoxy groups -OCH3 is 1. The number of amides is 1. The molecule has 0 bridgehead atoms. The zero-order valence-electron chi connectivity index (χ0n) is 15.5. The number of carbonyl (C=O) groups is 1. The molecule has 0 radical (unpaired) electrons. The van der Waals surface area contributed by atoms with E-state index in [0.29, 0.717) is 18.2 Å². The van der Waals surface area contributed by atoms with Gasteiger partial charge >= 0.3 is 0 Å². The molecule has 1 aliphatic rings. The summed E-state index contributed by atoms with van der Waals surface area (Å²) in [6.07, 6.45) is 1.83. The van der Waals surface area contributed by atoms with Crippen molar-refractivity contribution in [2.24, 2.45) is 5.92 Å². The summed E-state index contributed by atoms with van der Waals surface area (Å²) in [5, 5.41) is 1.28. The van der Waals surface area contributed by atoms with Crippen molar-refractivity contribution >= 4 is 28.4 Å². The minimum Gasteiger partial charge on any atom is -0.497 e. The summed E-state index contributed by atoms with van der Waals surface area (Å²) in [6.45, 7) is 0.758. The van der Waals surface area contributed by atoms with E-state index in [1.54, 1.807) is 24.1 Å². The number of benzene rings is 2. The van der Waals surface area contributed by atoms with Gasteiger partial charge in [-0.15, -0.1) is 0 Å². The van der Waals surface area contributed by atoms with Gasteiger partial charge < -0.3 is 9.64 Å². The zero-order chi connectivity index (χ0) is 19.7. The predicted molar refractivity (Wildman–Crippen MR) is 107 cm³/mol. The quantitative estimate of drug-likeness (QED) is 0.550.